The highest BCUT2D eigenvalue weighted by Gasteiger charge is 2.29. The molecule has 0 saturated carbocycles. The molecule has 0 aliphatic heterocycles. The van der Waals surface area contributed by atoms with Crippen LogP contribution in [0, 0.1) is 11.7 Å². The molecular formula is C21H22ClFO5. The molecule has 0 unspecified atom stereocenters. The minimum Gasteiger partial charge on any atom is -0.489 e. The van der Waals surface area contributed by atoms with Crippen LogP contribution in [0.4, 0.5) is 4.39 Å². The van der Waals surface area contributed by atoms with E-state index < -0.39 is 23.7 Å². The van der Waals surface area contributed by atoms with Gasteiger partial charge in [0.05, 0.1) is 18.2 Å². The highest BCUT2D eigenvalue weighted by molar-refractivity contribution is 6.31. The summed E-state index contributed by atoms with van der Waals surface area (Å²) in [5.41, 5.74) is 1.01. The van der Waals surface area contributed by atoms with Crippen molar-refractivity contribution in [1.82, 2.24) is 0 Å². The highest BCUT2D eigenvalue weighted by atomic mass is 35.5. The zero-order chi connectivity index (χ0) is 20.5. The third kappa shape index (κ3) is 5.96. The second-order valence-corrected chi connectivity index (χ2v) is 6.30. The lowest BCUT2D eigenvalue weighted by atomic mass is 9.99. The molecule has 2 aromatic carbocycles. The first-order valence-corrected chi connectivity index (χ1v) is 9.31. The molecule has 0 N–H and O–H groups in total. The fourth-order valence-corrected chi connectivity index (χ4v) is 2.75. The molecular weight excluding hydrogens is 387 g/mol. The summed E-state index contributed by atoms with van der Waals surface area (Å²) in [5.74, 6) is -2.18. The van der Waals surface area contributed by atoms with Crippen molar-refractivity contribution in [2.45, 2.75) is 26.9 Å². The normalized spacial score (nSPS) is 10.6. The third-order valence-electron chi connectivity index (χ3n) is 3.95. The molecule has 0 spiro atoms. The number of carbonyl (C=O) groups excluding carboxylic acids is 2. The minimum atomic E-state index is -1.02. The van der Waals surface area contributed by atoms with Crippen LogP contribution in [0.15, 0.2) is 42.5 Å². The molecule has 0 aromatic heterocycles. The molecule has 0 saturated heterocycles. The topological polar surface area (TPSA) is 61.8 Å². The van der Waals surface area contributed by atoms with Crippen LogP contribution in [-0.4, -0.2) is 25.2 Å². The van der Waals surface area contributed by atoms with Crippen molar-refractivity contribution in [2.24, 2.45) is 5.92 Å². The van der Waals surface area contributed by atoms with E-state index in [1.54, 1.807) is 44.2 Å². The predicted molar refractivity (Wildman–Crippen MR) is 103 cm³/mol. The van der Waals surface area contributed by atoms with E-state index >= 15 is 0 Å². The summed E-state index contributed by atoms with van der Waals surface area (Å²) >= 11 is 5.98. The van der Waals surface area contributed by atoms with Gasteiger partial charge in [-0.3, -0.25) is 9.59 Å². The first kappa shape index (κ1) is 21.7. The number of rotatable bonds is 9. The number of halogens is 2. The quantitative estimate of drug-likeness (QED) is 0.456. The van der Waals surface area contributed by atoms with Gasteiger partial charge in [0.2, 0.25) is 0 Å². The molecule has 150 valence electrons. The van der Waals surface area contributed by atoms with Crippen molar-refractivity contribution in [3.63, 3.8) is 0 Å². The lowest BCUT2D eigenvalue weighted by molar-refractivity contribution is -0.161. The Kier molecular flexibility index (Phi) is 8.26. The molecule has 5 nitrogen and oxygen atoms in total. The van der Waals surface area contributed by atoms with Gasteiger partial charge < -0.3 is 14.2 Å². The van der Waals surface area contributed by atoms with Gasteiger partial charge in [-0.15, -0.1) is 0 Å². The second-order valence-electron chi connectivity index (χ2n) is 5.89. The van der Waals surface area contributed by atoms with Crippen LogP contribution in [0.1, 0.15) is 25.0 Å². The van der Waals surface area contributed by atoms with Gasteiger partial charge in [-0.25, -0.2) is 4.39 Å². The second kappa shape index (κ2) is 10.7. The van der Waals surface area contributed by atoms with E-state index in [0.717, 1.165) is 5.56 Å². The van der Waals surface area contributed by atoms with Crippen molar-refractivity contribution < 1.29 is 28.2 Å². The van der Waals surface area contributed by atoms with E-state index in [0.29, 0.717) is 10.8 Å². The number of hydrogen-bond donors (Lipinski definition) is 0. The van der Waals surface area contributed by atoms with Gasteiger partial charge in [-0.2, -0.15) is 0 Å². The zero-order valence-electron chi connectivity index (χ0n) is 15.7. The van der Waals surface area contributed by atoms with Gasteiger partial charge in [0.1, 0.15) is 18.2 Å². The zero-order valence-corrected chi connectivity index (χ0v) is 16.5. The molecule has 0 aliphatic carbocycles. The molecule has 0 fully saturated rings. The van der Waals surface area contributed by atoms with Crippen molar-refractivity contribution in [1.29, 1.82) is 0 Å². The average Bonchev–Trinajstić information content (AvgIpc) is 2.67. The Morgan fingerprint density at radius 2 is 1.61 bits per heavy atom. The number of carbonyl (C=O) groups is 2. The Bertz CT molecular complexity index is 769. The first-order chi connectivity index (χ1) is 13.5. The molecule has 2 rings (SSSR count). The third-order valence-corrected chi connectivity index (χ3v) is 4.30. The van der Waals surface area contributed by atoms with Crippen molar-refractivity contribution in [3.8, 4) is 5.75 Å². The molecule has 7 heteroatoms. The molecule has 2 aromatic rings. The van der Waals surface area contributed by atoms with Crippen LogP contribution >= 0.6 is 11.6 Å². The largest absolute Gasteiger partial charge is 0.489 e. The summed E-state index contributed by atoms with van der Waals surface area (Å²) in [4.78, 5) is 24.1. The Morgan fingerprint density at radius 1 is 1.00 bits per heavy atom. The number of hydrogen-bond acceptors (Lipinski definition) is 5. The maximum Gasteiger partial charge on any atom is 0.320 e. The minimum absolute atomic E-state index is 0.0148. The molecule has 0 bridgehead atoms. The monoisotopic (exact) mass is 408 g/mol. The predicted octanol–water partition coefficient (Wildman–Crippen LogP) is 4.34. The van der Waals surface area contributed by atoms with Gasteiger partial charge in [0.25, 0.3) is 0 Å². The number of ether oxygens (including phenoxy) is 3. The number of benzene rings is 2. The highest BCUT2D eigenvalue weighted by Crippen LogP contribution is 2.22. The summed E-state index contributed by atoms with van der Waals surface area (Å²) in [7, 11) is 0. The average molecular weight is 409 g/mol. The van der Waals surface area contributed by atoms with Crippen LogP contribution in [0.25, 0.3) is 0 Å². The van der Waals surface area contributed by atoms with Crippen LogP contribution in [0.3, 0.4) is 0 Å². The van der Waals surface area contributed by atoms with Crippen LogP contribution < -0.4 is 4.74 Å². The fourth-order valence-electron chi connectivity index (χ4n) is 2.53. The lowest BCUT2D eigenvalue weighted by Gasteiger charge is -2.15. The van der Waals surface area contributed by atoms with Crippen LogP contribution in [-0.2, 0) is 32.1 Å². The summed E-state index contributed by atoms with van der Waals surface area (Å²) in [6.45, 7) is 3.70. The molecule has 0 atom stereocenters. The smallest absolute Gasteiger partial charge is 0.320 e. The van der Waals surface area contributed by atoms with E-state index in [1.165, 1.54) is 12.1 Å². The van der Waals surface area contributed by atoms with Gasteiger partial charge in [-0.05, 0) is 50.1 Å². The summed E-state index contributed by atoms with van der Waals surface area (Å²) < 4.78 is 29.3. The Hall–Kier alpha value is -2.60. The molecule has 28 heavy (non-hydrogen) atoms. The first-order valence-electron chi connectivity index (χ1n) is 8.94. The standard InChI is InChI=1S/C21H22ClFO5/c1-3-26-20(24)16(21(25)27-4-2)12-14-8-10-15(11-9-14)28-13-17-18(22)6-5-7-19(17)23/h5-11,16H,3-4,12-13H2,1-2H3. The fraction of sp³-hybridized carbons (Fsp3) is 0.333. The van der Waals surface area contributed by atoms with E-state index in [2.05, 4.69) is 0 Å². The lowest BCUT2D eigenvalue weighted by Crippen LogP contribution is -2.30. The SMILES string of the molecule is CCOC(=O)C(Cc1ccc(OCc2c(F)cccc2Cl)cc1)C(=O)OCC. The van der Waals surface area contributed by atoms with Crippen molar-refractivity contribution >= 4 is 23.5 Å². The molecule has 0 amide bonds. The molecule has 0 heterocycles. The van der Waals surface area contributed by atoms with E-state index in [9.17, 15) is 14.0 Å². The van der Waals surface area contributed by atoms with Gasteiger partial charge in [0, 0.05) is 5.56 Å². The molecule has 0 radical (unpaired) electrons. The maximum atomic E-state index is 13.8. The van der Waals surface area contributed by atoms with E-state index in [-0.39, 0.29) is 31.8 Å². The van der Waals surface area contributed by atoms with Crippen LogP contribution in [0.5, 0.6) is 5.75 Å². The van der Waals surface area contributed by atoms with Gasteiger partial charge in [0.15, 0.2) is 5.92 Å². The summed E-state index contributed by atoms with van der Waals surface area (Å²) in [6, 6.07) is 11.2. The van der Waals surface area contributed by atoms with E-state index in [4.69, 9.17) is 25.8 Å². The Morgan fingerprint density at radius 3 is 2.14 bits per heavy atom. The molecule has 0 aliphatic rings. The van der Waals surface area contributed by atoms with Crippen molar-refractivity contribution in [3.05, 3.63) is 64.4 Å². The van der Waals surface area contributed by atoms with Gasteiger partial charge >= 0.3 is 11.9 Å². The van der Waals surface area contributed by atoms with Crippen molar-refractivity contribution in [2.75, 3.05) is 13.2 Å². The number of esters is 2. The van der Waals surface area contributed by atoms with E-state index in [1.807, 2.05) is 0 Å². The summed E-state index contributed by atoms with van der Waals surface area (Å²) in [6.07, 6.45) is 0.150. The Labute approximate surface area is 168 Å². The van der Waals surface area contributed by atoms with Gasteiger partial charge in [-0.1, -0.05) is 29.8 Å². The Balaban J connectivity index is 2.03. The summed E-state index contributed by atoms with van der Waals surface area (Å²) in [5, 5.41) is 0.295. The van der Waals surface area contributed by atoms with Crippen LogP contribution in [0.2, 0.25) is 5.02 Å². The maximum absolute atomic E-state index is 13.8.